The summed E-state index contributed by atoms with van der Waals surface area (Å²) in [5.74, 6) is -0.463. The molecule has 0 fully saturated rings. The molecule has 4 rings (SSSR count). The van der Waals surface area contributed by atoms with Crippen LogP contribution in [-0.4, -0.2) is 23.7 Å². The van der Waals surface area contributed by atoms with Crippen molar-refractivity contribution in [1.82, 2.24) is 19.6 Å². The molecule has 0 saturated heterocycles. The fourth-order valence-electron chi connectivity index (χ4n) is 2.97. The molecule has 2 N–H and O–H groups in total. The summed E-state index contributed by atoms with van der Waals surface area (Å²) >= 11 is 1.47. The lowest BCUT2D eigenvalue weighted by atomic mass is 10.1. The van der Waals surface area contributed by atoms with Crippen molar-refractivity contribution in [2.75, 3.05) is 0 Å². The van der Waals surface area contributed by atoms with Gasteiger partial charge in [0.2, 0.25) is 5.91 Å². The molecule has 7 nitrogen and oxygen atoms in total. The van der Waals surface area contributed by atoms with Crippen LogP contribution in [0.5, 0.6) is 0 Å². The molecule has 25 heavy (non-hydrogen) atoms. The summed E-state index contributed by atoms with van der Waals surface area (Å²) in [6, 6.07) is 5.10. The van der Waals surface area contributed by atoms with Crippen molar-refractivity contribution in [3.63, 3.8) is 0 Å². The first kappa shape index (κ1) is 16.2. The number of imidazole rings is 1. The van der Waals surface area contributed by atoms with Crippen LogP contribution in [0.25, 0.3) is 4.96 Å². The van der Waals surface area contributed by atoms with Crippen LogP contribution in [0.3, 0.4) is 0 Å². The van der Waals surface area contributed by atoms with E-state index in [4.69, 9.17) is 0 Å². The molecule has 0 radical (unpaired) electrons. The fourth-order valence-corrected chi connectivity index (χ4v) is 4.60. The van der Waals surface area contributed by atoms with Crippen LogP contribution >= 0.6 is 11.3 Å². The lowest BCUT2D eigenvalue weighted by molar-refractivity contribution is -0.120. The summed E-state index contributed by atoms with van der Waals surface area (Å²) in [7, 11) is -3.79. The molecule has 1 aromatic carbocycles. The first-order valence-corrected chi connectivity index (χ1v) is 10.2. The Balaban J connectivity index is 1.41. The quantitative estimate of drug-likeness (QED) is 0.659. The normalized spacial score (nSPS) is 13.9. The smallest absolute Gasteiger partial charge is 0.257 e. The van der Waals surface area contributed by atoms with Crippen molar-refractivity contribution in [1.29, 1.82) is 0 Å². The second kappa shape index (κ2) is 6.25. The Hall–Kier alpha value is -2.23. The molecule has 1 aliphatic rings. The van der Waals surface area contributed by atoms with Crippen LogP contribution < -0.4 is 10.3 Å². The maximum absolute atomic E-state index is 12.3. The van der Waals surface area contributed by atoms with E-state index in [9.17, 15) is 13.2 Å². The van der Waals surface area contributed by atoms with E-state index in [2.05, 4.69) is 15.2 Å². The molecule has 0 atom stereocenters. The van der Waals surface area contributed by atoms with Gasteiger partial charge in [-0.15, -0.1) is 16.2 Å². The van der Waals surface area contributed by atoms with Crippen molar-refractivity contribution in [2.45, 2.75) is 30.6 Å². The molecule has 1 aliphatic carbocycles. The average Bonchev–Trinajstić information content (AvgIpc) is 3.27. The van der Waals surface area contributed by atoms with Gasteiger partial charge in [-0.25, -0.2) is 13.4 Å². The highest BCUT2D eigenvalue weighted by Crippen LogP contribution is 2.24. The number of nitrogens with zero attached hydrogens (tertiary/aromatic N) is 2. The molecule has 9 heteroatoms. The fraction of sp³-hybridized carbons (Fsp3) is 0.250. The number of sulfonamides is 1. The van der Waals surface area contributed by atoms with Crippen LogP contribution in [0.2, 0.25) is 0 Å². The van der Waals surface area contributed by atoms with Crippen LogP contribution in [0.4, 0.5) is 0 Å². The molecular weight excluding hydrogens is 360 g/mol. The number of hydrogen-bond acceptors (Lipinski definition) is 5. The molecular formula is C16H16N4O3S2. The van der Waals surface area contributed by atoms with E-state index in [-0.39, 0.29) is 11.3 Å². The summed E-state index contributed by atoms with van der Waals surface area (Å²) in [6.07, 6.45) is 6.53. The molecule has 0 bridgehead atoms. The van der Waals surface area contributed by atoms with E-state index in [1.807, 2.05) is 22.0 Å². The van der Waals surface area contributed by atoms with Crippen molar-refractivity contribution < 1.29 is 13.2 Å². The topological polar surface area (TPSA) is 92.6 Å². The third-order valence-electron chi connectivity index (χ3n) is 4.19. The molecule has 0 saturated carbocycles. The molecule has 1 amide bonds. The number of fused-ring (bicyclic) bond motifs is 2. The number of thiazole rings is 1. The second-order valence-corrected chi connectivity index (χ2v) is 8.50. The van der Waals surface area contributed by atoms with Gasteiger partial charge in [0, 0.05) is 17.8 Å². The number of hydrogen-bond donors (Lipinski definition) is 2. The zero-order valence-corrected chi connectivity index (χ0v) is 14.9. The first-order valence-electron chi connectivity index (χ1n) is 7.85. The SMILES string of the molecule is O=C(Cc1cn2ccsc2n1)NNS(=O)(=O)c1ccc2c(c1)CCC2. The maximum atomic E-state index is 12.3. The Labute approximate surface area is 148 Å². The number of rotatable bonds is 5. The molecule has 130 valence electrons. The molecule has 0 aliphatic heterocycles. The zero-order valence-electron chi connectivity index (χ0n) is 13.2. The van der Waals surface area contributed by atoms with Gasteiger partial charge in [-0.2, -0.15) is 0 Å². The van der Waals surface area contributed by atoms with E-state index in [1.165, 1.54) is 16.9 Å². The third-order valence-corrected chi connectivity index (χ3v) is 6.21. The average molecular weight is 376 g/mol. The van der Waals surface area contributed by atoms with Gasteiger partial charge in [0.25, 0.3) is 10.0 Å². The minimum Gasteiger partial charge on any atom is -0.297 e. The lowest BCUT2D eigenvalue weighted by Gasteiger charge is -2.09. The van der Waals surface area contributed by atoms with Crippen LogP contribution in [0.1, 0.15) is 23.2 Å². The number of benzene rings is 1. The van der Waals surface area contributed by atoms with Crippen molar-refractivity contribution in [3.05, 3.63) is 52.8 Å². The highest BCUT2D eigenvalue weighted by atomic mass is 32.2. The van der Waals surface area contributed by atoms with Crippen LogP contribution in [0, 0.1) is 0 Å². The number of amides is 1. The molecule has 3 aromatic rings. The monoisotopic (exact) mass is 376 g/mol. The third kappa shape index (κ3) is 3.30. The standard InChI is InChI=1S/C16H16N4O3S2/c21-15(9-13-10-20-6-7-24-16(20)17-13)18-19-25(22,23)14-5-4-11-2-1-3-12(11)8-14/h4-8,10,19H,1-3,9H2,(H,18,21). The lowest BCUT2D eigenvalue weighted by Crippen LogP contribution is -2.42. The Morgan fingerprint density at radius 2 is 2.12 bits per heavy atom. The minimum atomic E-state index is -3.79. The number of carbonyl (C=O) groups excluding carboxylic acids is 1. The predicted molar refractivity (Wildman–Crippen MR) is 93.7 cm³/mol. The van der Waals surface area contributed by atoms with Crippen molar-refractivity contribution in [2.24, 2.45) is 0 Å². The van der Waals surface area contributed by atoms with Gasteiger partial charge in [-0.1, -0.05) is 6.07 Å². The highest BCUT2D eigenvalue weighted by Gasteiger charge is 2.19. The summed E-state index contributed by atoms with van der Waals surface area (Å²) < 4.78 is 26.5. The van der Waals surface area contributed by atoms with Gasteiger partial charge in [0.15, 0.2) is 4.96 Å². The Kier molecular flexibility index (Phi) is 4.06. The molecule has 0 spiro atoms. The van der Waals surface area contributed by atoms with Crippen molar-refractivity contribution >= 4 is 32.2 Å². The summed E-state index contributed by atoms with van der Waals surface area (Å²) in [5.41, 5.74) is 5.10. The van der Waals surface area contributed by atoms with Gasteiger partial charge < -0.3 is 0 Å². The second-order valence-electron chi connectivity index (χ2n) is 5.94. The van der Waals surface area contributed by atoms with Gasteiger partial charge in [0.05, 0.1) is 17.0 Å². The van der Waals surface area contributed by atoms with Gasteiger partial charge in [-0.05, 0) is 42.5 Å². The highest BCUT2D eigenvalue weighted by molar-refractivity contribution is 7.89. The maximum Gasteiger partial charge on any atom is 0.257 e. The molecule has 2 heterocycles. The largest absolute Gasteiger partial charge is 0.297 e. The summed E-state index contributed by atoms with van der Waals surface area (Å²) in [5, 5.41) is 1.90. The summed E-state index contributed by atoms with van der Waals surface area (Å²) in [6.45, 7) is 0. The number of carbonyl (C=O) groups is 1. The van der Waals surface area contributed by atoms with E-state index in [1.54, 1.807) is 18.3 Å². The first-order chi connectivity index (χ1) is 12.0. The molecule has 0 unspecified atom stereocenters. The number of aromatic nitrogens is 2. The predicted octanol–water partition coefficient (Wildman–Crippen LogP) is 1.44. The minimum absolute atomic E-state index is 0.00110. The van der Waals surface area contributed by atoms with Crippen molar-refractivity contribution in [3.8, 4) is 0 Å². The Morgan fingerprint density at radius 3 is 2.96 bits per heavy atom. The van der Waals surface area contributed by atoms with E-state index >= 15 is 0 Å². The van der Waals surface area contributed by atoms with Gasteiger partial charge in [0.1, 0.15) is 0 Å². The van der Waals surface area contributed by atoms with Gasteiger partial charge in [-0.3, -0.25) is 14.6 Å². The zero-order chi connectivity index (χ0) is 17.4. The Bertz CT molecular complexity index is 1020. The molecule has 2 aromatic heterocycles. The van der Waals surface area contributed by atoms with Crippen LogP contribution in [0.15, 0.2) is 40.9 Å². The number of hydrazine groups is 1. The van der Waals surface area contributed by atoms with Crippen LogP contribution in [-0.2, 0) is 34.1 Å². The van der Waals surface area contributed by atoms with E-state index in [0.717, 1.165) is 29.8 Å². The number of nitrogens with one attached hydrogen (secondary N) is 2. The van der Waals surface area contributed by atoms with E-state index in [0.29, 0.717) is 5.69 Å². The van der Waals surface area contributed by atoms with E-state index < -0.39 is 15.9 Å². The number of aryl methyl sites for hydroxylation is 2. The summed E-state index contributed by atoms with van der Waals surface area (Å²) in [4.78, 5) is 19.4. The Morgan fingerprint density at radius 1 is 1.28 bits per heavy atom. The van der Waals surface area contributed by atoms with Gasteiger partial charge >= 0.3 is 0 Å².